The zero-order valence-corrected chi connectivity index (χ0v) is 12.7. The first kappa shape index (κ1) is 13.9. The SMILES string of the molecule is O=C(c1nnn2c1c(=O)[nH]c1ccccc12)N1CCCCCC1. The van der Waals surface area contributed by atoms with Gasteiger partial charge in [0.1, 0.15) is 0 Å². The van der Waals surface area contributed by atoms with Gasteiger partial charge in [0.25, 0.3) is 11.5 Å². The molecule has 0 saturated carbocycles. The average Bonchev–Trinajstić information content (AvgIpc) is 2.83. The standard InChI is InChI=1S/C16H17N5O2/c22-15-14-13(16(23)20-9-5-1-2-6-10-20)18-19-21(14)12-8-4-3-7-11(12)17-15/h3-4,7-8H,1-2,5-6,9-10H2,(H,17,22). The minimum Gasteiger partial charge on any atom is -0.337 e. The van der Waals surface area contributed by atoms with E-state index in [2.05, 4.69) is 15.3 Å². The van der Waals surface area contributed by atoms with Crippen LogP contribution in [-0.4, -0.2) is 43.7 Å². The van der Waals surface area contributed by atoms with Crippen LogP contribution in [0.3, 0.4) is 0 Å². The van der Waals surface area contributed by atoms with Gasteiger partial charge in [-0.15, -0.1) is 5.10 Å². The van der Waals surface area contributed by atoms with Gasteiger partial charge in [-0.25, -0.2) is 4.52 Å². The van der Waals surface area contributed by atoms with E-state index in [0.717, 1.165) is 31.2 Å². The number of carbonyl (C=O) groups excluding carboxylic acids is 1. The van der Waals surface area contributed by atoms with Crippen LogP contribution in [0.5, 0.6) is 0 Å². The van der Waals surface area contributed by atoms with Gasteiger partial charge < -0.3 is 9.88 Å². The van der Waals surface area contributed by atoms with Gasteiger partial charge in [0.15, 0.2) is 11.2 Å². The number of likely N-dealkylation sites (tertiary alicyclic amines) is 1. The third-order valence-corrected chi connectivity index (χ3v) is 4.36. The van der Waals surface area contributed by atoms with Crippen molar-refractivity contribution in [3.05, 3.63) is 40.3 Å². The Morgan fingerprint density at radius 2 is 1.83 bits per heavy atom. The summed E-state index contributed by atoms with van der Waals surface area (Å²) in [5.74, 6) is -0.206. The molecule has 1 aliphatic rings. The van der Waals surface area contributed by atoms with Crippen molar-refractivity contribution in [3.8, 4) is 0 Å². The highest BCUT2D eigenvalue weighted by molar-refractivity contribution is 5.99. The lowest BCUT2D eigenvalue weighted by Crippen LogP contribution is -2.33. The molecule has 1 amide bonds. The molecular formula is C16H17N5O2. The fourth-order valence-electron chi connectivity index (χ4n) is 3.17. The number of aromatic nitrogens is 4. The lowest BCUT2D eigenvalue weighted by molar-refractivity contribution is 0.0757. The zero-order chi connectivity index (χ0) is 15.8. The zero-order valence-electron chi connectivity index (χ0n) is 12.7. The largest absolute Gasteiger partial charge is 0.337 e. The Morgan fingerprint density at radius 1 is 1.09 bits per heavy atom. The second-order valence-electron chi connectivity index (χ2n) is 5.88. The molecule has 1 aromatic carbocycles. The maximum Gasteiger partial charge on any atom is 0.277 e. The molecule has 0 atom stereocenters. The third-order valence-electron chi connectivity index (χ3n) is 4.36. The van der Waals surface area contributed by atoms with E-state index in [9.17, 15) is 9.59 Å². The minimum absolute atomic E-state index is 0.138. The number of rotatable bonds is 1. The molecule has 1 aliphatic heterocycles. The lowest BCUT2D eigenvalue weighted by atomic mass is 10.2. The van der Waals surface area contributed by atoms with Crippen molar-refractivity contribution in [2.75, 3.05) is 13.1 Å². The van der Waals surface area contributed by atoms with Crippen LogP contribution in [0.15, 0.2) is 29.1 Å². The van der Waals surface area contributed by atoms with E-state index in [0.29, 0.717) is 18.6 Å². The molecule has 118 valence electrons. The molecule has 7 nitrogen and oxygen atoms in total. The van der Waals surface area contributed by atoms with Crippen molar-refractivity contribution in [2.24, 2.45) is 0 Å². The van der Waals surface area contributed by atoms with Crippen molar-refractivity contribution >= 4 is 22.5 Å². The third kappa shape index (κ3) is 2.28. The van der Waals surface area contributed by atoms with Crippen LogP contribution in [0, 0.1) is 0 Å². The molecule has 0 unspecified atom stereocenters. The first-order valence-electron chi connectivity index (χ1n) is 7.91. The summed E-state index contributed by atoms with van der Waals surface area (Å²) in [6.07, 6.45) is 4.25. The number of amides is 1. The molecule has 0 aliphatic carbocycles. The van der Waals surface area contributed by atoms with Crippen molar-refractivity contribution in [1.82, 2.24) is 24.7 Å². The summed E-state index contributed by atoms with van der Waals surface area (Å²) >= 11 is 0. The fraction of sp³-hybridized carbons (Fsp3) is 0.375. The number of aromatic amines is 1. The van der Waals surface area contributed by atoms with Crippen LogP contribution in [0.2, 0.25) is 0 Å². The number of para-hydroxylation sites is 2. The lowest BCUT2D eigenvalue weighted by Gasteiger charge is -2.18. The Hall–Kier alpha value is -2.70. The van der Waals surface area contributed by atoms with Gasteiger partial charge in [0, 0.05) is 13.1 Å². The average molecular weight is 311 g/mol. The van der Waals surface area contributed by atoms with E-state index in [4.69, 9.17) is 0 Å². The molecule has 2 aromatic heterocycles. The van der Waals surface area contributed by atoms with Crippen LogP contribution in [0.4, 0.5) is 0 Å². The van der Waals surface area contributed by atoms with Gasteiger partial charge in [-0.2, -0.15) is 0 Å². The topological polar surface area (TPSA) is 83.4 Å². The number of fused-ring (bicyclic) bond motifs is 3. The van der Waals surface area contributed by atoms with E-state index in [1.807, 2.05) is 18.2 Å². The van der Waals surface area contributed by atoms with Crippen molar-refractivity contribution in [3.63, 3.8) is 0 Å². The summed E-state index contributed by atoms with van der Waals surface area (Å²) in [5.41, 5.74) is 1.41. The molecule has 3 aromatic rings. The number of carbonyl (C=O) groups is 1. The Labute approximate surface area is 131 Å². The van der Waals surface area contributed by atoms with Gasteiger partial charge in [-0.05, 0) is 25.0 Å². The Morgan fingerprint density at radius 3 is 2.61 bits per heavy atom. The predicted molar refractivity (Wildman–Crippen MR) is 85.5 cm³/mol. The molecule has 1 N–H and O–H groups in total. The Balaban J connectivity index is 1.86. The van der Waals surface area contributed by atoms with E-state index in [-0.39, 0.29) is 22.7 Å². The highest BCUT2D eigenvalue weighted by Gasteiger charge is 2.24. The van der Waals surface area contributed by atoms with Gasteiger partial charge in [-0.1, -0.05) is 30.2 Å². The summed E-state index contributed by atoms with van der Waals surface area (Å²) in [7, 11) is 0. The first-order chi connectivity index (χ1) is 11.3. The van der Waals surface area contributed by atoms with Crippen molar-refractivity contribution in [2.45, 2.75) is 25.7 Å². The monoisotopic (exact) mass is 311 g/mol. The molecule has 23 heavy (non-hydrogen) atoms. The number of benzene rings is 1. The predicted octanol–water partition coefficient (Wildman–Crippen LogP) is 1.59. The van der Waals surface area contributed by atoms with Crippen molar-refractivity contribution in [1.29, 1.82) is 0 Å². The van der Waals surface area contributed by atoms with E-state index >= 15 is 0 Å². The van der Waals surface area contributed by atoms with E-state index in [1.165, 1.54) is 4.52 Å². The second-order valence-corrected chi connectivity index (χ2v) is 5.88. The van der Waals surface area contributed by atoms with Gasteiger partial charge in [-0.3, -0.25) is 9.59 Å². The molecule has 1 saturated heterocycles. The Bertz CT molecular complexity index is 934. The molecule has 0 radical (unpaired) electrons. The quantitative estimate of drug-likeness (QED) is 0.739. The fourth-order valence-corrected chi connectivity index (χ4v) is 3.17. The maximum atomic E-state index is 12.8. The van der Waals surface area contributed by atoms with Gasteiger partial charge in [0.2, 0.25) is 0 Å². The van der Waals surface area contributed by atoms with Crippen LogP contribution in [0.25, 0.3) is 16.6 Å². The molecule has 0 bridgehead atoms. The molecule has 0 spiro atoms. The molecule has 1 fully saturated rings. The number of nitrogens with zero attached hydrogens (tertiary/aromatic N) is 4. The summed E-state index contributed by atoms with van der Waals surface area (Å²) in [6.45, 7) is 1.42. The number of hydrogen-bond donors (Lipinski definition) is 1. The highest BCUT2D eigenvalue weighted by Crippen LogP contribution is 2.16. The van der Waals surface area contributed by atoms with Crippen molar-refractivity contribution < 1.29 is 4.79 Å². The maximum absolute atomic E-state index is 12.8. The number of nitrogens with one attached hydrogen (secondary N) is 1. The second kappa shape index (κ2) is 5.49. The van der Waals surface area contributed by atoms with Crippen LogP contribution < -0.4 is 5.56 Å². The summed E-state index contributed by atoms with van der Waals surface area (Å²) in [6, 6.07) is 7.34. The van der Waals surface area contributed by atoms with Gasteiger partial charge >= 0.3 is 0 Å². The van der Waals surface area contributed by atoms with E-state index in [1.54, 1.807) is 11.0 Å². The molecule has 4 rings (SSSR count). The Kier molecular flexibility index (Phi) is 3.33. The van der Waals surface area contributed by atoms with Gasteiger partial charge in [0.05, 0.1) is 11.0 Å². The smallest absolute Gasteiger partial charge is 0.277 e. The summed E-state index contributed by atoms with van der Waals surface area (Å²) in [5, 5.41) is 8.06. The first-order valence-corrected chi connectivity index (χ1v) is 7.91. The summed E-state index contributed by atoms with van der Waals surface area (Å²) in [4.78, 5) is 29.8. The minimum atomic E-state index is -0.341. The van der Waals surface area contributed by atoms with Crippen LogP contribution in [0.1, 0.15) is 36.2 Å². The van der Waals surface area contributed by atoms with E-state index < -0.39 is 0 Å². The molecule has 3 heterocycles. The number of hydrogen-bond acceptors (Lipinski definition) is 4. The number of H-pyrrole nitrogens is 1. The molecular weight excluding hydrogens is 294 g/mol. The normalized spacial score (nSPS) is 15.9. The van der Waals surface area contributed by atoms with Crippen LogP contribution in [-0.2, 0) is 0 Å². The highest BCUT2D eigenvalue weighted by atomic mass is 16.2. The van der Waals surface area contributed by atoms with Crippen LogP contribution >= 0.6 is 0 Å². The summed E-state index contributed by atoms with van der Waals surface area (Å²) < 4.78 is 1.46. The molecule has 7 heteroatoms.